The van der Waals surface area contributed by atoms with Crippen LogP contribution in [-0.4, -0.2) is 28.8 Å². The first-order valence-corrected chi connectivity index (χ1v) is 9.38. The summed E-state index contributed by atoms with van der Waals surface area (Å²) in [7, 11) is 0. The molecule has 24 heavy (non-hydrogen) atoms. The molecule has 0 bridgehead atoms. The number of hydrogen-bond acceptors (Lipinski definition) is 2. The Morgan fingerprint density at radius 2 is 1.71 bits per heavy atom. The quantitative estimate of drug-likeness (QED) is 0.921. The molecule has 4 nitrogen and oxygen atoms in total. The molecule has 2 amide bonds. The van der Waals surface area contributed by atoms with Gasteiger partial charge in [-0.25, -0.2) is 0 Å². The van der Waals surface area contributed by atoms with Crippen LogP contribution in [0.4, 0.5) is 0 Å². The van der Waals surface area contributed by atoms with E-state index in [2.05, 4.69) is 5.32 Å². The van der Waals surface area contributed by atoms with Crippen molar-refractivity contribution in [2.24, 2.45) is 0 Å². The van der Waals surface area contributed by atoms with Crippen LogP contribution in [0, 0.1) is 0 Å². The molecule has 130 valence electrons. The molecule has 2 fully saturated rings. The van der Waals surface area contributed by atoms with E-state index in [1.54, 1.807) is 4.90 Å². The Balaban J connectivity index is 1.71. The van der Waals surface area contributed by atoms with E-state index in [1.165, 1.54) is 19.3 Å². The predicted molar refractivity (Wildman–Crippen MR) is 94.3 cm³/mol. The van der Waals surface area contributed by atoms with E-state index in [4.69, 9.17) is 0 Å². The summed E-state index contributed by atoms with van der Waals surface area (Å²) in [5.41, 5.74) is 1.09. The van der Waals surface area contributed by atoms with E-state index < -0.39 is 0 Å². The molecule has 1 aliphatic carbocycles. The molecule has 1 atom stereocenters. The van der Waals surface area contributed by atoms with Gasteiger partial charge in [-0.3, -0.25) is 9.59 Å². The van der Waals surface area contributed by atoms with Crippen molar-refractivity contribution in [1.82, 2.24) is 10.2 Å². The predicted octanol–water partition coefficient (Wildman–Crippen LogP) is 3.41. The SMILES string of the molecule is O=C(NC1CCCCC1)[C@@H]1CCCCC(=O)N1Cc1ccccc1. The Hall–Kier alpha value is -1.84. The van der Waals surface area contributed by atoms with Crippen LogP contribution in [0.25, 0.3) is 0 Å². The average molecular weight is 328 g/mol. The van der Waals surface area contributed by atoms with Gasteiger partial charge in [-0.05, 0) is 31.2 Å². The van der Waals surface area contributed by atoms with Crippen LogP contribution in [0.5, 0.6) is 0 Å². The smallest absolute Gasteiger partial charge is 0.243 e. The Labute approximate surface area is 144 Å². The summed E-state index contributed by atoms with van der Waals surface area (Å²) in [5, 5.41) is 3.22. The van der Waals surface area contributed by atoms with E-state index in [0.29, 0.717) is 19.0 Å². The minimum atomic E-state index is -0.317. The molecule has 1 aliphatic heterocycles. The highest BCUT2D eigenvalue weighted by Gasteiger charge is 2.32. The van der Waals surface area contributed by atoms with Crippen LogP contribution in [0.2, 0.25) is 0 Å². The normalized spacial score (nSPS) is 22.9. The molecular weight excluding hydrogens is 300 g/mol. The van der Waals surface area contributed by atoms with Crippen LogP contribution >= 0.6 is 0 Å². The molecule has 4 heteroatoms. The highest BCUT2D eigenvalue weighted by Crippen LogP contribution is 2.22. The van der Waals surface area contributed by atoms with Crippen LogP contribution in [-0.2, 0) is 16.1 Å². The fourth-order valence-corrected chi connectivity index (χ4v) is 3.88. The highest BCUT2D eigenvalue weighted by atomic mass is 16.2. The lowest BCUT2D eigenvalue weighted by atomic mass is 9.95. The summed E-state index contributed by atoms with van der Waals surface area (Å²) >= 11 is 0. The molecule has 0 aromatic heterocycles. The number of nitrogens with one attached hydrogen (secondary N) is 1. The lowest BCUT2D eigenvalue weighted by Gasteiger charge is -2.32. The van der Waals surface area contributed by atoms with Gasteiger partial charge in [0.05, 0.1) is 0 Å². The van der Waals surface area contributed by atoms with Gasteiger partial charge in [0, 0.05) is 19.0 Å². The van der Waals surface area contributed by atoms with Crippen LogP contribution in [0.3, 0.4) is 0 Å². The van der Waals surface area contributed by atoms with Crippen LogP contribution < -0.4 is 5.32 Å². The van der Waals surface area contributed by atoms with Crippen molar-refractivity contribution < 1.29 is 9.59 Å². The van der Waals surface area contributed by atoms with Gasteiger partial charge in [0.1, 0.15) is 6.04 Å². The third-order valence-electron chi connectivity index (χ3n) is 5.26. The van der Waals surface area contributed by atoms with E-state index in [1.807, 2.05) is 30.3 Å². The molecule has 3 rings (SSSR count). The summed E-state index contributed by atoms with van der Waals surface area (Å²) in [5.74, 6) is 0.160. The second-order valence-corrected chi connectivity index (χ2v) is 7.11. The molecule has 1 aromatic carbocycles. The van der Waals surface area contributed by atoms with Crippen molar-refractivity contribution >= 4 is 11.8 Å². The summed E-state index contributed by atoms with van der Waals surface area (Å²) in [6.07, 6.45) is 8.98. The maximum absolute atomic E-state index is 12.9. The number of likely N-dealkylation sites (tertiary alicyclic amines) is 1. The molecule has 1 N–H and O–H groups in total. The van der Waals surface area contributed by atoms with E-state index in [9.17, 15) is 9.59 Å². The van der Waals surface area contributed by atoms with Gasteiger partial charge in [0.2, 0.25) is 11.8 Å². The second kappa shape index (κ2) is 8.32. The Morgan fingerprint density at radius 3 is 2.46 bits per heavy atom. The van der Waals surface area contributed by atoms with Crippen LogP contribution in [0.1, 0.15) is 63.4 Å². The van der Waals surface area contributed by atoms with Crippen LogP contribution in [0.15, 0.2) is 30.3 Å². The molecule has 1 heterocycles. The monoisotopic (exact) mass is 328 g/mol. The van der Waals surface area contributed by atoms with Crippen molar-refractivity contribution in [2.45, 2.75) is 76.4 Å². The largest absolute Gasteiger partial charge is 0.352 e. The number of carbonyl (C=O) groups is 2. The lowest BCUT2D eigenvalue weighted by molar-refractivity contribution is -0.140. The zero-order valence-electron chi connectivity index (χ0n) is 14.4. The van der Waals surface area contributed by atoms with Crippen molar-refractivity contribution in [3.63, 3.8) is 0 Å². The molecule has 0 radical (unpaired) electrons. The van der Waals surface area contributed by atoms with E-state index in [-0.39, 0.29) is 17.9 Å². The van der Waals surface area contributed by atoms with Gasteiger partial charge in [-0.2, -0.15) is 0 Å². The Bertz CT molecular complexity index is 552. The van der Waals surface area contributed by atoms with Crippen molar-refractivity contribution in [3.05, 3.63) is 35.9 Å². The van der Waals surface area contributed by atoms with Gasteiger partial charge in [-0.1, -0.05) is 56.0 Å². The van der Waals surface area contributed by atoms with E-state index in [0.717, 1.165) is 37.7 Å². The lowest BCUT2D eigenvalue weighted by Crippen LogP contribution is -2.51. The van der Waals surface area contributed by atoms with Gasteiger partial charge < -0.3 is 10.2 Å². The fourth-order valence-electron chi connectivity index (χ4n) is 3.88. The molecule has 2 aliphatic rings. The second-order valence-electron chi connectivity index (χ2n) is 7.11. The summed E-state index contributed by atoms with van der Waals surface area (Å²) in [4.78, 5) is 27.2. The minimum absolute atomic E-state index is 0.0491. The van der Waals surface area contributed by atoms with Crippen molar-refractivity contribution in [2.75, 3.05) is 0 Å². The molecule has 1 saturated heterocycles. The first kappa shape index (κ1) is 17.0. The van der Waals surface area contributed by atoms with Crippen molar-refractivity contribution in [3.8, 4) is 0 Å². The maximum atomic E-state index is 12.9. The van der Waals surface area contributed by atoms with E-state index >= 15 is 0 Å². The fraction of sp³-hybridized carbons (Fsp3) is 0.600. The summed E-state index contributed by atoms with van der Waals surface area (Å²) in [6.45, 7) is 0.530. The zero-order valence-corrected chi connectivity index (χ0v) is 14.4. The molecule has 1 aromatic rings. The van der Waals surface area contributed by atoms with Crippen molar-refractivity contribution in [1.29, 1.82) is 0 Å². The standard InChI is InChI=1S/C20H28N2O2/c23-19-14-8-7-13-18(20(24)21-17-11-5-2-6-12-17)22(19)15-16-9-3-1-4-10-16/h1,3-4,9-10,17-18H,2,5-8,11-15H2,(H,21,24)/t18-/m0/s1. The molecule has 0 spiro atoms. The summed E-state index contributed by atoms with van der Waals surface area (Å²) < 4.78 is 0. The molecule has 1 saturated carbocycles. The van der Waals surface area contributed by atoms with Gasteiger partial charge in [-0.15, -0.1) is 0 Å². The third-order valence-corrected chi connectivity index (χ3v) is 5.26. The molecule has 0 unspecified atom stereocenters. The number of rotatable bonds is 4. The maximum Gasteiger partial charge on any atom is 0.243 e. The highest BCUT2D eigenvalue weighted by molar-refractivity contribution is 5.88. The first-order chi connectivity index (χ1) is 11.7. The number of hydrogen-bond donors (Lipinski definition) is 1. The zero-order chi connectivity index (χ0) is 16.8. The minimum Gasteiger partial charge on any atom is -0.352 e. The van der Waals surface area contributed by atoms with Gasteiger partial charge >= 0.3 is 0 Å². The molecular formula is C20H28N2O2. The number of nitrogens with zero attached hydrogens (tertiary/aromatic N) is 1. The number of carbonyl (C=O) groups excluding carboxylic acids is 2. The van der Waals surface area contributed by atoms with Gasteiger partial charge in [0.15, 0.2) is 0 Å². The Morgan fingerprint density at radius 1 is 1.00 bits per heavy atom. The summed E-state index contributed by atoms with van der Waals surface area (Å²) in [6, 6.07) is 9.96. The average Bonchev–Trinajstić information content (AvgIpc) is 2.79. The topological polar surface area (TPSA) is 49.4 Å². The third kappa shape index (κ3) is 4.37. The number of amides is 2. The van der Waals surface area contributed by atoms with Gasteiger partial charge in [0.25, 0.3) is 0 Å². The first-order valence-electron chi connectivity index (χ1n) is 9.38. The number of benzene rings is 1. The Kier molecular flexibility index (Phi) is 5.89.